The number of anilines is 3. The van der Waals surface area contributed by atoms with Crippen LogP contribution in [0, 0.1) is 0 Å². The number of nitrogens with zero attached hydrogens (tertiary/aromatic N) is 2. The summed E-state index contributed by atoms with van der Waals surface area (Å²) in [7, 11) is 0. The SMILES string of the molecule is C1=CCC(N(C2=Cc3ccccc3CC2)c2ccc(-c3ccc(N(C4=Cc5ccccc5CC4)c4ccccc4)cc3)cc2)C=C1. The van der Waals surface area contributed by atoms with Gasteiger partial charge in [0.05, 0.1) is 6.04 Å². The molecule has 1 unspecified atom stereocenters. The maximum absolute atomic E-state index is 2.55. The van der Waals surface area contributed by atoms with Crippen molar-refractivity contribution in [1.29, 1.82) is 0 Å². The van der Waals surface area contributed by atoms with Gasteiger partial charge in [-0.3, -0.25) is 0 Å². The Hall–Kier alpha value is -5.34. The van der Waals surface area contributed by atoms with Gasteiger partial charge in [-0.1, -0.05) is 115 Å². The molecule has 0 N–H and O–H groups in total. The first-order valence-electron chi connectivity index (χ1n) is 16.6. The van der Waals surface area contributed by atoms with Gasteiger partial charge in [-0.15, -0.1) is 0 Å². The van der Waals surface area contributed by atoms with E-state index in [1.54, 1.807) is 0 Å². The van der Waals surface area contributed by atoms with Gasteiger partial charge in [0.15, 0.2) is 0 Å². The summed E-state index contributed by atoms with van der Waals surface area (Å²) in [6.45, 7) is 0. The summed E-state index contributed by atoms with van der Waals surface area (Å²) in [6.07, 6.45) is 19.0. The summed E-state index contributed by atoms with van der Waals surface area (Å²) in [6, 6.07) is 46.9. The highest BCUT2D eigenvalue weighted by Gasteiger charge is 2.24. The van der Waals surface area contributed by atoms with Crippen molar-refractivity contribution in [1.82, 2.24) is 0 Å². The van der Waals surface area contributed by atoms with Gasteiger partial charge < -0.3 is 9.80 Å². The molecule has 3 aliphatic carbocycles. The van der Waals surface area contributed by atoms with Crippen molar-refractivity contribution < 1.29 is 0 Å². The molecule has 2 nitrogen and oxygen atoms in total. The number of aryl methyl sites for hydroxylation is 2. The lowest BCUT2D eigenvalue weighted by atomic mass is 9.93. The van der Waals surface area contributed by atoms with Gasteiger partial charge in [0.2, 0.25) is 0 Å². The van der Waals surface area contributed by atoms with Crippen molar-refractivity contribution in [3.63, 3.8) is 0 Å². The topological polar surface area (TPSA) is 6.48 Å². The van der Waals surface area contributed by atoms with Crippen LogP contribution in [0.4, 0.5) is 17.1 Å². The molecule has 0 aliphatic heterocycles. The van der Waals surface area contributed by atoms with Crippen LogP contribution in [0.1, 0.15) is 41.5 Å². The summed E-state index contributed by atoms with van der Waals surface area (Å²) in [4.78, 5) is 4.97. The molecule has 0 fully saturated rings. The fourth-order valence-electron chi connectivity index (χ4n) is 7.21. The molecule has 3 aliphatic rings. The van der Waals surface area contributed by atoms with Gasteiger partial charge in [-0.05, 0) is 114 Å². The van der Waals surface area contributed by atoms with Crippen LogP contribution >= 0.6 is 0 Å². The summed E-state index contributed by atoms with van der Waals surface area (Å²) in [5.74, 6) is 0. The number of benzene rings is 5. The second kappa shape index (κ2) is 12.6. The molecule has 5 aromatic carbocycles. The van der Waals surface area contributed by atoms with Gasteiger partial charge in [0.1, 0.15) is 0 Å². The Bertz CT molecular complexity index is 1960. The van der Waals surface area contributed by atoms with Crippen molar-refractivity contribution in [2.24, 2.45) is 0 Å². The molecule has 224 valence electrons. The van der Waals surface area contributed by atoms with Crippen molar-refractivity contribution in [3.05, 3.63) is 185 Å². The van der Waals surface area contributed by atoms with Gasteiger partial charge in [0.25, 0.3) is 0 Å². The van der Waals surface area contributed by atoms with Gasteiger partial charge in [-0.25, -0.2) is 0 Å². The molecule has 0 radical (unpaired) electrons. The van der Waals surface area contributed by atoms with Gasteiger partial charge in [-0.2, -0.15) is 0 Å². The van der Waals surface area contributed by atoms with Gasteiger partial charge in [0, 0.05) is 28.5 Å². The maximum atomic E-state index is 2.55. The third-order valence-corrected chi connectivity index (χ3v) is 9.56. The molecule has 0 saturated carbocycles. The van der Waals surface area contributed by atoms with E-state index in [-0.39, 0.29) is 0 Å². The van der Waals surface area contributed by atoms with E-state index in [0.29, 0.717) is 6.04 Å². The highest BCUT2D eigenvalue weighted by atomic mass is 15.2. The smallest absolute Gasteiger partial charge is 0.0556 e. The minimum atomic E-state index is 0.316. The van der Waals surface area contributed by atoms with Crippen LogP contribution in [0.2, 0.25) is 0 Å². The summed E-state index contributed by atoms with van der Waals surface area (Å²) >= 11 is 0. The molecule has 46 heavy (non-hydrogen) atoms. The Kier molecular flexibility index (Phi) is 7.70. The van der Waals surface area contributed by atoms with E-state index in [1.807, 2.05) is 0 Å². The van der Waals surface area contributed by atoms with E-state index in [4.69, 9.17) is 0 Å². The molecular weight excluding hydrogens is 556 g/mol. The predicted molar refractivity (Wildman–Crippen MR) is 195 cm³/mol. The molecule has 0 saturated heterocycles. The fraction of sp³-hybridized carbons (Fsp3) is 0.136. The third-order valence-electron chi connectivity index (χ3n) is 9.56. The molecular formula is C44H38N2. The number of rotatable bonds is 7. The second-order valence-electron chi connectivity index (χ2n) is 12.4. The largest absolute Gasteiger partial charge is 0.338 e. The summed E-state index contributed by atoms with van der Waals surface area (Å²) in [5.41, 5.74) is 14.3. The molecule has 0 aromatic heterocycles. The van der Waals surface area contributed by atoms with E-state index in [1.165, 1.54) is 61.8 Å². The first kappa shape index (κ1) is 28.2. The second-order valence-corrected chi connectivity index (χ2v) is 12.4. The van der Waals surface area contributed by atoms with Crippen LogP contribution in [0.15, 0.2) is 163 Å². The molecule has 1 atom stereocenters. The lowest BCUT2D eigenvalue weighted by Gasteiger charge is -2.36. The van der Waals surface area contributed by atoms with Crippen LogP contribution in [-0.4, -0.2) is 6.04 Å². The lowest BCUT2D eigenvalue weighted by molar-refractivity contribution is 0.720. The Morgan fingerprint density at radius 1 is 0.457 bits per heavy atom. The van der Waals surface area contributed by atoms with Crippen LogP contribution in [0.25, 0.3) is 23.3 Å². The fourth-order valence-corrected chi connectivity index (χ4v) is 7.21. The normalized spacial score (nSPS) is 16.6. The van der Waals surface area contributed by atoms with E-state index >= 15 is 0 Å². The molecule has 2 heteroatoms. The Morgan fingerprint density at radius 2 is 1.00 bits per heavy atom. The molecule has 5 aromatic rings. The van der Waals surface area contributed by atoms with E-state index in [9.17, 15) is 0 Å². The standard InChI is InChI=1S/C44H38N2/c1-3-15-39(16-4-1)45(43-29-23-33-11-7-9-13-37(33)31-43)41-25-19-35(20-26-41)36-21-27-42(28-22-36)46(40-17-5-2-6-18-40)44-30-24-34-12-8-10-14-38(34)32-44/h1-17,19-22,25-28,31-32,40H,18,23-24,29-30H2. The van der Waals surface area contributed by atoms with Crippen LogP contribution in [0.5, 0.6) is 0 Å². The molecule has 0 spiro atoms. The van der Waals surface area contributed by atoms with Crippen molar-refractivity contribution in [3.8, 4) is 11.1 Å². The highest BCUT2D eigenvalue weighted by Crippen LogP contribution is 2.38. The monoisotopic (exact) mass is 594 g/mol. The molecule has 0 amide bonds. The van der Waals surface area contributed by atoms with Crippen molar-refractivity contribution in [2.45, 2.75) is 38.1 Å². The first-order chi connectivity index (χ1) is 22.8. The first-order valence-corrected chi connectivity index (χ1v) is 16.6. The Morgan fingerprint density at radius 3 is 1.63 bits per heavy atom. The van der Waals surface area contributed by atoms with Crippen LogP contribution in [0.3, 0.4) is 0 Å². The molecule has 0 heterocycles. The minimum Gasteiger partial charge on any atom is -0.338 e. The Labute approximate surface area is 273 Å². The average molecular weight is 595 g/mol. The number of hydrogen-bond acceptors (Lipinski definition) is 2. The van der Waals surface area contributed by atoms with E-state index < -0.39 is 0 Å². The van der Waals surface area contributed by atoms with E-state index in [2.05, 4.69) is 174 Å². The zero-order chi connectivity index (χ0) is 30.7. The van der Waals surface area contributed by atoms with Crippen LogP contribution in [-0.2, 0) is 12.8 Å². The number of hydrogen-bond donors (Lipinski definition) is 0. The van der Waals surface area contributed by atoms with Crippen LogP contribution < -0.4 is 9.80 Å². The zero-order valence-electron chi connectivity index (χ0n) is 26.1. The molecule has 0 bridgehead atoms. The number of para-hydroxylation sites is 1. The summed E-state index contributed by atoms with van der Waals surface area (Å²) in [5, 5.41) is 0. The third kappa shape index (κ3) is 5.63. The average Bonchev–Trinajstić information content (AvgIpc) is 3.13. The van der Waals surface area contributed by atoms with E-state index in [0.717, 1.165) is 32.1 Å². The number of allylic oxidation sites excluding steroid dienone is 4. The quantitative estimate of drug-likeness (QED) is 0.185. The Balaban J connectivity index is 1.09. The highest BCUT2D eigenvalue weighted by molar-refractivity contribution is 5.77. The van der Waals surface area contributed by atoms with Gasteiger partial charge >= 0.3 is 0 Å². The number of fused-ring (bicyclic) bond motifs is 2. The lowest BCUT2D eigenvalue weighted by Crippen LogP contribution is -2.34. The predicted octanol–water partition coefficient (Wildman–Crippen LogP) is 11.2. The maximum Gasteiger partial charge on any atom is 0.0556 e. The molecule has 8 rings (SSSR count). The van der Waals surface area contributed by atoms with Crippen molar-refractivity contribution >= 4 is 29.2 Å². The summed E-state index contributed by atoms with van der Waals surface area (Å²) < 4.78 is 0. The minimum absolute atomic E-state index is 0.316. The zero-order valence-corrected chi connectivity index (χ0v) is 26.1. The van der Waals surface area contributed by atoms with Crippen molar-refractivity contribution in [2.75, 3.05) is 9.80 Å².